The average molecular weight is 679 g/mol. The molecule has 0 spiro atoms. The molecule has 2 aliphatic heterocycles. The zero-order valence-electron chi connectivity index (χ0n) is 26.6. The minimum atomic E-state index is -0.735. The van der Waals surface area contributed by atoms with Crippen LogP contribution in [-0.4, -0.2) is 67.9 Å². The fourth-order valence-electron chi connectivity index (χ4n) is 5.88. The van der Waals surface area contributed by atoms with Crippen LogP contribution in [-0.2, 0) is 40.3 Å². The summed E-state index contributed by atoms with van der Waals surface area (Å²) in [5, 5.41) is 20.2. The molecule has 13 nitrogen and oxygen atoms in total. The van der Waals surface area contributed by atoms with Crippen LogP contribution in [0.2, 0.25) is 5.02 Å². The van der Waals surface area contributed by atoms with Gasteiger partial charge in [0.1, 0.15) is 12.1 Å². The van der Waals surface area contributed by atoms with Crippen LogP contribution in [0, 0.1) is 11.3 Å². The molecule has 2 amide bonds. The smallest absolute Gasteiger partial charge is 0.410 e. The third-order valence-corrected chi connectivity index (χ3v) is 9.43. The van der Waals surface area contributed by atoms with Gasteiger partial charge in [-0.2, -0.15) is 14.8 Å². The molecule has 1 aromatic carbocycles. The first-order valence-electron chi connectivity index (χ1n) is 15.4. The summed E-state index contributed by atoms with van der Waals surface area (Å²) >= 11 is 7.87. The summed E-state index contributed by atoms with van der Waals surface area (Å²) in [5.74, 6) is 0.125. The lowest BCUT2D eigenvalue weighted by molar-refractivity contribution is -0.116. The Hall–Kier alpha value is -4.29. The van der Waals surface area contributed by atoms with E-state index in [1.54, 1.807) is 42.4 Å². The number of hydrogen-bond acceptors (Lipinski definition) is 10. The van der Waals surface area contributed by atoms with Crippen LogP contribution >= 0.6 is 22.9 Å². The summed E-state index contributed by atoms with van der Waals surface area (Å²) in [6, 6.07) is 7.97. The van der Waals surface area contributed by atoms with E-state index in [0.717, 1.165) is 16.2 Å². The number of amides is 2. The number of piperazine rings is 1. The highest BCUT2D eigenvalue weighted by molar-refractivity contribution is 7.15. The van der Waals surface area contributed by atoms with Crippen molar-refractivity contribution in [3.63, 3.8) is 0 Å². The number of fused-ring (bicyclic) bond motifs is 2. The van der Waals surface area contributed by atoms with Crippen LogP contribution in [0.1, 0.15) is 61.0 Å². The van der Waals surface area contributed by atoms with Gasteiger partial charge in [-0.25, -0.2) is 4.79 Å². The molecule has 47 heavy (non-hydrogen) atoms. The number of benzene rings is 1. The van der Waals surface area contributed by atoms with Gasteiger partial charge in [-0.1, -0.05) is 18.5 Å². The summed E-state index contributed by atoms with van der Waals surface area (Å²) in [4.78, 5) is 49.7. The predicted octanol–water partition coefficient (Wildman–Crippen LogP) is 4.30. The Bertz CT molecular complexity index is 1950. The lowest BCUT2D eigenvalue weighted by atomic mass is 10.0. The highest BCUT2D eigenvalue weighted by atomic mass is 35.5. The number of hydrogen-bond donors (Lipinski definition) is 2. The molecule has 2 aliphatic rings. The van der Waals surface area contributed by atoms with Gasteiger partial charge in [0, 0.05) is 30.2 Å². The first kappa shape index (κ1) is 32.6. The van der Waals surface area contributed by atoms with Crippen molar-refractivity contribution in [1.29, 1.82) is 5.26 Å². The lowest BCUT2D eigenvalue weighted by Gasteiger charge is -2.38. The number of thiophene rings is 1. The highest BCUT2D eigenvalue weighted by Gasteiger charge is 2.36. The van der Waals surface area contributed by atoms with Crippen LogP contribution in [0.15, 0.2) is 29.1 Å². The zero-order chi connectivity index (χ0) is 33.5. The van der Waals surface area contributed by atoms with Crippen molar-refractivity contribution in [3.05, 3.63) is 66.9 Å². The van der Waals surface area contributed by atoms with Gasteiger partial charge >= 0.3 is 6.09 Å². The number of carbonyl (C=O) groups is 2. The second-order valence-corrected chi connectivity index (χ2v) is 13.9. The van der Waals surface area contributed by atoms with E-state index in [-0.39, 0.29) is 17.3 Å². The molecule has 2 N–H and O–H groups in total. The highest BCUT2D eigenvalue weighted by Crippen LogP contribution is 2.33. The fraction of sp³-hybridized carbons (Fsp3) is 0.438. The van der Waals surface area contributed by atoms with E-state index in [9.17, 15) is 19.6 Å². The van der Waals surface area contributed by atoms with E-state index < -0.39 is 29.2 Å². The van der Waals surface area contributed by atoms with Crippen molar-refractivity contribution in [2.45, 2.75) is 65.3 Å². The molecule has 0 bridgehead atoms. The number of halogens is 1. The van der Waals surface area contributed by atoms with Gasteiger partial charge in [0.25, 0.3) is 5.56 Å². The number of carbonyl (C=O) groups excluding carboxylic acids is 2. The Labute approximate surface area is 280 Å². The molecular weight excluding hydrogens is 644 g/mol. The maximum absolute atomic E-state index is 14.4. The predicted molar refractivity (Wildman–Crippen MR) is 177 cm³/mol. The number of ether oxygens (including phenoxy) is 2. The third kappa shape index (κ3) is 6.62. The van der Waals surface area contributed by atoms with Crippen LogP contribution in [0.3, 0.4) is 0 Å². The molecule has 0 aliphatic carbocycles. The van der Waals surface area contributed by atoms with Crippen LogP contribution in [0.5, 0.6) is 0 Å². The number of nitrogens with one attached hydrogen (secondary N) is 2. The molecule has 5 heterocycles. The number of nitriles is 1. The maximum Gasteiger partial charge on any atom is 0.410 e. The zero-order valence-corrected chi connectivity index (χ0v) is 28.1. The Balaban J connectivity index is 1.48. The first-order valence-corrected chi connectivity index (χ1v) is 16.6. The van der Waals surface area contributed by atoms with Gasteiger partial charge in [0.05, 0.1) is 52.0 Å². The van der Waals surface area contributed by atoms with Crippen LogP contribution in [0.25, 0.3) is 16.5 Å². The Morgan fingerprint density at radius 2 is 2.11 bits per heavy atom. The summed E-state index contributed by atoms with van der Waals surface area (Å²) in [6.45, 7) is 9.35. The van der Waals surface area contributed by atoms with Crippen molar-refractivity contribution in [2.75, 3.05) is 31.6 Å². The molecule has 15 heteroatoms. The van der Waals surface area contributed by atoms with Gasteiger partial charge in [-0.15, -0.1) is 16.4 Å². The van der Waals surface area contributed by atoms with Gasteiger partial charge in [-0.05, 0) is 63.4 Å². The van der Waals surface area contributed by atoms with Crippen molar-refractivity contribution in [2.24, 2.45) is 0 Å². The lowest BCUT2D eigenvalue weighted by Crippen LogP contribution is -2.52. The minimum Gasteiger partial charge on any atom is -0.444 e. The van der Waals surface area contributed by atoms with E-state index >= 15 is 0 Å². The second kappa shape index (κ2) is 13.1. The molecule has 1 fully saturated rings. The van der Waals surface area contributed by atoms with E-state index in [4.69, 9.17) is 26.1 Å². The van der Waals surface area contributed by atoms with Gasteiger partial charge in [-0.3, -0.25) is 14.5 Å². The van der Waals surface area contributed by atoms with E-state index in [2.05, 4.69) is 15.7 Å². The average Bonchev–Trinajstić information content (AvgIpc) is 3.68. The van der Waals surface area contributed by atoms with Crippen LogP contribution < -0.4 is 16.2 Å². The SMILES string of the molecule is CCc1c(C2CNCCN2C(=O)OC(C)(C)C)c(=O)n2nc(-c3cc4c(s3)COCC4)nc2n1CC(=O)Nc1ccc(C#N)cc1Cl. The molecule has 0 radical (unpaired) electrons. The molecule has 0 saturated carbocycles. The van der Waals surface area contributed by atoms with E-state index in [1.165, 1.54) is 27.5 Å². The molecule has 4 aromatic rings. The Morgan fingerprint density at radius 3 is 2.81 bits per heavy atom. The van der Waals surface area contributed by atoms with Gasteiger partial charge < -0.3 is 24.7 Å². The summed E-state index contributed by atoms with van der Waals surface area (Å²) < 4.78 is 14.3. The number of aromatic nitrogens is 4. The molecular formula is C32H35ClN8O5S. The molecule has 1 atom stereocenters. The summed E-state index contributed by atoms with van der Waals surface area (Å²) in [7, 11) is 0. The molecule has 3 aromatic heterocycles. The summed E-state index contributed by atoms with van der Waals surface area (Å²) in [6.07, 6.45) is 0.608. The van der Waals surface area contributed by atoms with Crippen LogP contribution in [0.4, 0.5) is 10.5 Å². The van der Waals surface area contributed by atoms with Crippen molar-refractivity contribution in [3.8, 4) is 16.8 Å². The molecule has 6 rings (SSSR count). The first-order chi connectivity index (χ1) is 22.5. The third-order valence-electron chi connectivity index (χ3n) is 7.97. The number of anilines is 1. The van der Waals surface area contributed by atoms with Crippen molar-refractivity contribution >= 4 is 46.4 Å². The fourth-order valence-corrected chi connectivity index (χ4v) is 7.19. The Kier molecular flexibility index (Phi) is 9.08. The van der Waals surface area contributed by atoms with Gasteiger partial charge in [0.15, 0.2) is 5.82 Å². The number of nitrogens with zero attached hydrogens (tertiary/aromatic N) is 6. The standard InChI is InChI=1S/C32H35ClN8O5S/c1-5-22-27(23-15-35-9-10-39(23)31(44)46-32(2,3)4)29(43)41-30(37-28(38-41)24-13-19-8-11-45-17-25(19)47-24)40(22)16-26(42)36-21-7-6-18(14-34)12-20(21)33/h6-7,12-13,23,35H,5,8-11,15-17H2,1-4H3,(H,36,42). The van der Waals surface area contributed by atoms with E-state index in [1.807, 2.05) is 19.1 Å². The van der Waals surface area contributed by atoms with Gasteiger partial charge in [0.2, 0.25) is 11.7 Å². The van der Waals surface area contributed by atoms with E-state index in [0.29, 0.717) is 67.6 Å². The molecule has 246 valence electrons. The second-order valence-electron chi connectivity index (χ2n) is 12.4. The summed E-state index contributed by atoms with van der Waals surface area (Å²) in [5.41, 5.74) is 1.59. The Morgan fingerprint density at radius 1 is 1.30 bits per heavy atom. The normalized spacial score (nSPS) is 16.5. The van der Waals surface area contributed by atoms with Crippen molar-refractivity contribution in [1.82, 2.24) is 29.4 Å². The maximum atomic E-state index is 14.4. The quantitative estimate of drug-likeness (QED) is 0.304. The van der Waals surface area contributed by atoms with Crippen molar-refractivity contribution < 1.29 is 19.1 Å². The number of rotatable bonds is 6. The molecule has 1 saturated heterocycles. The molecule has 1 unspecified atom stereocenters. The largest absolute Gasteiger partial charge is 0.444 e. The minimum absolute atomic E-state index is 0.196. The topological polar surface area (TPSA) is 156 Å². The monoisotopic (exact) mass is 678 g/mol.